The molecule has 110 valence electrons. The highest BCUT2D eigenvalue weighted by Gasteiger charge is 2.09. The van der Waals surface area contributed by atoms with Crippen LogP contribution in [-0.2, 0) is 4.79 Å². The van der Waals surface area contributed by atoms with Crippen LogP contribution in [0.3, 0.4) is 0 Å². The summed E-state index contributed by atoms with van der Waals surface area (Å²) in [6.45, 7) is 3.26. The summed E-state index contributed by atoms with van der Waals surface area (Å²) in [4.78, 5) is 21.0. The van der Waals surface area contributed by atoms with Crippen LogP contribution in [0.15, 0.2) is 18.2 Å². The molecule has 1 aromatic rings. The monoisotopic (exact) mass is 280 g/mol. The van der Waals surface area contributed by atoms with Crippen LogP contribution in [0, 0.1) is 10.1 Å². The number of carbonyl (C=O) groups is 1. The Balaban J connectivity index is 2.59. The molecule has 1 aromatic carbocycles. The maximum Gasteiger partial charge on any atom is 0.273 e. The van der Waals surface area contributed by atoms with Gasteiger partial charge in [0.15, 0.2) is 0 Å². The lowest BCUT2D eigenvalue weighted by atomic mass is 10.2. The highest BCUT2D eigenvalue weighted by molar-refractivity contribution is 5.73. The van der Waals surface area contributed by atoms with E-state index in [0.29, 0.717) is 37.3 Å². The van der Waals surface area contributed by atoms with Crippen molar-refractivity contribution in [1.29, 1.82) is 0 Å². The van der Waals surface area contributed by atoms with Gasteiger partial charge in [-0.15, -0.1) is 0 Å². The molecule has 7 nitrogen and oxygen atoms in total. The van der Waals surface area contributed by atoms with Gasteiger partial charge < -0.3 is 16.4 Å². The van der Waals surface area contributed by atoms with Crippen molar-refractivity contribution < 1.29 is 9.72 Å². The molecule has 0 bridgehead atoms. The van der Waals surface area contributed by atoms with E-state index in [0.717, 1.165) is 6.42 Å². The Morgan fingerprint density at radius 3 is 2.45 bits per heavy atom. The van der Waals surface area contributed by atoms with Crippen LogP contribution >= 0.6 is 0 Å². The molecule has 0 fully saturated rings. The maximum absolute atomic E-state index is 10.9. The second-order valence-corrected chi connectivity index (χ2v) is 4.41. The van der Waals surface area contributed by atoms with Crippen LogP contribution in [0.25, 0.3) is 0 Å². The first-order valence-corrected chi connectivity index (χ1v) is 6.58. The van der Waals surface area contributed by atoms with Crippen molar-refractivity contribution in [1.82, 2.24) is 0 Å². The molecule has 1 rings (SSSR count). The highest BCUT2D eigenvalue weighted by Crippen LogP contribution is 2.24. The second kappa shape index (κ2) is 7.98. The van der Waals surface area contributed by atoms with Crippen molar-refractivity contribution in [2.75, 3.05) is 23.7 Å². The number of nitrogens with zero attached hydrogens (tertiary/aromatic N) is 1. The van der Waals surface area contributed by atoms with Crippen LogP contribution in [0.4, 0.5) is 17.1 Å². The zero-order valence-electron chi connectivity index (χ0n) is 11.5. The van der Waals surface area contributed by atoms with Crippen molar-refractivity contribution in [2.45, 2.75) is 26.2 Å². The number of nitrogens with two attached hydrogens (primary N) is 1. The first-order valence-electron chi connectivity index (χ1n) is 6.58. The van der Waals surface area contributed by atoms with Gasteiger partial charge in [-0.05, 0) is 25.8 Å². The molecule has 0 saturated heterocycles. The lowest BCUT2D eigenvalue weighted by Gasteiger charge is -2.09. The van der Waals surface area contributed by atoms with E-state index in [1.807, 2.05) is 13.0 Å². The number of primary amides is 1. The summed E-state index contributed by atoms with van der Waals surface area (Å²) in [5, 5.41) is 17.0. The van der Waals surface area contributed by atoms with Gasteiger partial charge in [0.05, 0.1) is 4.92 Å². The van der Waals surface area contributed by atoms with Crippen molar-refractivity contribution in [3.63, 3.8) is 0 Å². The van der Waals surface area contributed by atoms with Crippen LogP contribution < -0.4 is 16.4 Å². The molecule has 0 spiro atoms. The summed E-state index contributed by atoms with van der Waals surface area (Å²) in [7, 11) is 0. The number of carbonyl (C=O) groups excluding carboxylic acids is 1. The number of anilines is 2. The highest BCUT2D eigenvalue weighted by atomic mass is 16.6. The Kier molecular flexibility index (Phi) is 6.28. The second-order valence-electron chi connectivity index (χ2n) is 4.41. The minimum atomic E-state index is -0.418. The van der Waals surface area contributed by atoms with Gasteiger partial charge in [-0.3, -0.25) is 14.9 Å². The molecule has 0 aliphatic carbocycles. The Hall–Kier alpha value is -2.31. The fourth-order valence-electron chi connectivity index (χ4n) is 1.78. The molecule has 0 heterocycles. The number of nitrogens with one attached hydrogen (secondary N) is 2. The molecule has 0 atom stereocenters. The molecule has 0 radical (unpaired) electrons. The number of nitro groups is 1. The zero-order chi connectivity index (χ0) is 15.0. The zero-order valence-corrected chi connectivity index (χ0v) is 11.5. The molecule has 4 N–H and O–H groups in total. The lowest BCUT2D eigenvalue weighted by molar-refractivity contribution is -0.384. The van der Waals surface area contributed by atoms with Gasteiger partial charge in [0, 0.05) is 43.0 Å². The van der Waals surface area contributed by atoms with Crippen molar-refractivity contribution in [2.24, 2.45) is 5.73 Å². The van der Waals surface area contributed by atoms with Gasteiger partial charge in [0.2, 0.25) is 5.91 Å². The van der Waals surface area contributed by atoms with Crippen LogP contribution in [0.2, 0.25) is 0 Å². The number of unbranched alkanes of at least 4 members (excludes halogenated alkanes) is 1. The number of hydrogen-bond donors (Lipinski definition) is 3. The molecular weight excluding hydrogens is 260 g/mol. The number of nitro benzene ring substituents is 1. The fraction of sp³-hybridized carbons (Fsp3) is 0.462. The van der Waals surface area contributed by atoms with E-state index in [-0.39, 0.29) is 11.6 Å². The molecule has 0 aliphatic heterocycles. The molecule has 0 aromatic heterocycles. The minimum Gasteiger partial charge on any atom is -0.385 e. The van der Waals surface area contributed by atoms with E-state index >= 15 is 0 Å². The molecule has 0 aliphatic rings. The first kappa shape index (κ1) is 15.7. The molecule has 20 heavy (non-hydrogen) atoms. The number of benzene rings is 1. The average molecular weight is 280 g/mol. The van der Waals surface area contributed by atoms with Crippen molar-refractivity contribution in [3.05, 3.63) is 28.3 Å². The molecule has 0 saturated carbocycles. The van der Waals surface area contributed by atoms with E-state index in [9.17, 15) is 14.9 Å². The smallest absolute Gasteiger partial charge is 0.273 e. The predicted molar refractivity (Wildman–Crippen MR) is 78.8 cm³/mol. The molecule has 7 heteroatoms. The first-order chi connectivity index (χ1) is 9.52. The number of amides is 1. The standard InChI is InChI=1S/C13H20N4O3/c1-2-15-10-7-11(9-12(8-10)17(19)20)16-6-4-3-5-13(14)18/h7-9,15-16H,2-6H2,1H3,(H2,14,18). The Bertz CT molecular complexity index is 477. The lowest BCUT2D eigenvalue weighted by Crippen LogP contribution is -2.11. The third-order valence-electron chi connectivity index (χ3n) is 2.69. The summed E-state index contributed by atoms with van der Waals surface area (Å²) in [5.41, 5.74) is 6.49. The van der Waals surface area contributed by atoms with E-state index in [1.165, 1.54) is 12.1 Å². The summed E-state index contributed by atoms with van der Waals surface area (Å²) >= 11 is 0. The Morgan fingerprint density at radius 2 is 1.90 bits per heavy atom. The molecule has 0 unspecified atom stereocenters. The molecular formula is C13H20N4O3. The van der Waals surface area contributed by atoms with E-state index in [2.05, 4.69) is 10.6 Å². The van der Waals surface area contributed by atoms with E-state index in [4.69, 9.17) is 5.73 Å². The fourth-order valence-corrected chi connectivity index (χ4v) is 1.78. The molecule has 1 amide bonds. The van der Waals surface area contributed by atoms with Gasteiger partial charge in [-0.1, -0.05) is 0 Å². The van der Waals surface area contributed by atoms with Gasteiger partial charge in [0.25, 0.3) is 5.69 Å². The number of rotatable bonds is 9. The van der Waals surface area contributed by atoms with Crippen LogP contribution in [0.5, 0.6) is 0 Å². The predicted octanol–water partition coefficient (Wildman–Crippen LogP) is 2.09. The average Bonchev–Trinajstić information content (AvgIpc) is 2.38. The normalized spacial score (nSPS) is 10.1. The van der Waals surface area contributed by atoms with Crippen molar-refractivity contribution >= 4 is 23.0 Å². The summed E-state index contributed by atoms with van der Waals surface area (Å²) in [6, 6.07) is 4.82. The van der Waals surface area contributed by atoms with Crippen LogP contribution in [-0.4, -0.2) is 23.9 Å². The SMILES string of the molecule is CCNc1cc(NCCCCC(N)=O)cc([N+](=O)[O-])c1. The van der Waals surface area contributed by atoms with Gasteiger partial charge in [-0.2, -0.15) is 0 Å². The summed E-state index contributed by atoms with van der Waals surface area (Å²) < 4.78 is 0. The number of non-ortho nitro benzene ring substituents is 1. The van der Waals surface area contributed by atoms with Gasteiger partial charge in [-0.25, -0.2) is 0 Å². The largest absolute Gasteiger partial charge is 0.385 e. The third kappa shape index (κ3) is 5.55. The summed E-state index contributed by atoms with van der Waals surface area (Å²) in [5.74, 6) is -0.310. The summed E-state index contributed by atoms with van der Waals surface area (Å²) in [6.07, 6.45) is 1.85. The number of hydrogen-bond acceptors (Lipinski definition) is 5. The Morgan fingerprint density at radius 1 is 1.25 bits per heavy atom. The topological polar surface area (TPSA) is 110 Å². The minimum absolute atomic E-state index is 0.0445. The third-order valence-corrected chi connectivity index (χ3v) is 2.69. The van der Waals surface area contributed by atoms with Gasteiger partial charge >= 0.3 is 0 Å². The van der Waals surface area contributed by atoms with Gasteiger partial charge in [0.1, 0.15) is 0 Å². The maximum atomic E-state index is 10.9. The quantitative estimate of drug-likeness (QED) is 0.364. The Labute approximate surface area is 117 Å². The van der Waals surface area contributed by atoms with Crippen molar-refractivity contribution in [3.8, 4) is 0 Å². The van der Waals surface area contributed by atoms with E-state index < -0.39 is 4.92 Å². The van der Waals surface area contributed by atoms with Crippen LogP contribution in [0.1, 0.15) is 26.2 Å². The van der Waals surface area contributed by atoms with E-state index in [1.54, 1.807) is 0 Å².